The summed E-state index contributed by atoms with van der Waals surface area (Å²) in [5.74, 6) is 0.861. The van der Waals surface area contributed by atoms with E-state index >= 15 is 0 Å². The summed E-state index contributed by atoms with van der Waals surface area (Å²) in [4.78, 5) is 26.4. The molecule has 2 heterocycles. The van der Waals surface area contributed by atoms with Crippen LogP contribution in [0.1, 0.15) is 70.2 Å². The summed E-state index contributed by atoms with van der Waals surface area (Å²) in [5, 5.41) is 7.41. The first kappa shape index (κ1) is 32.2. The molecular formula is C34H42N6O4S. The smallest absolute Gasteiger partial charge is 0.407 e. The van der Waals surface area contributed by atoms with Gasteiger partial charge in [-0.25, -0.2) is 28.2 Å². The topological polar surface area (TPSA) is 135 Å². The summed E-state index contributed by atoms with van der Waals surface area (Å²) in [6.07, 6.45) is 5.75. The van der Waals surface area contributed by atoms with Crippen LogP contribution in [0.2, 0.25) is 0 Å². The van der Waals surface area contributed by atoms with Gasteiger partial charge in [0.25, 0.3) is 10.0 Å². The molecule has 0 saturated heterocycles. The van der Waals surface area contributed by atoms with Crippen molar-refractivity contribution in [3.63, 3.8) is 0 Å². The van der Waals surface area contributed by atoms with Crippen molar-refractivity contribution in [3.8, 4) is 11.1 Å². The summed E-state index contributed by atoms with van der Waals surface area (Å²) in [6.45, 7) is 11.4. The predicted octanol–water partition coefficient (Wildman–Crippen LogP) is 6.92. The van der Waals surface area contributed by atoms with Crippen LogP contribution in [-0.2, 0) is 21.2 Å². The minimum absolute atomic E-state index is 0.0980. The molecule has 0 atom stereocenters. The van der Waals surface area contributed by atoms with Gasteiger partial charge in [-0.1, -0.05) is 19.1 Å². The van der Waals surface area contributed by atoms with E-state index < -0.39 is 15.6 Å². The van der Waals surface area contributed by atoms with E-state index in [0.29, 0.717) is 11.6 Å². The minimum Gasteiger partial charge on any atom is -0.444 e. The van der Waals surface area contributed by atoms with Gasteiger partial charge in [0.15, 0.2) is 0 Å². The molecule has 1 amide bonds. The van der Waals surface area contributed by atoms with Crippen molar-refractivity contribution in [3.05, 3.63) is 71.5 Å². The second-order valence-corrected chi connectivity index (χ2v) is 14.4. The number of nitrogens with zero attached hydrogens (tertiary/aromatic N) is 3. The number of carbonyl (C=O) groups is 1. The monoisotopic (exact) mass is 630 g/mol. The fourth-order valence-electron chi connectivity index (χ4n) is 5.65. The minimum atomic E-state index is -3.76. The van der Waals surface area contributed by atoms with Crippen molar-refractivity contribution in [2.45, 2.75) is 96.2 Å². The lowest BCUT2D eigenvalue weighted by atomic mass is 9.91. The van der Waals surface area contributed by atoms with Gasteiger partial charge in [-0.2, -0.15) is 0 Å². The maximum absolute atomic E-state index is 12.9. The van der Waals surface area contributed by atoms with Crippen molar-refractivity contribution in [2.75, 3.05) is 10.0 Å². The van der Waals surface area contributed by atoms with E-state index in [-0.39, 0.29) is 28.9 Å². The van der Waals surface area contributed by atoms with E-state index in [9.17, 15) is 13.2 Å². The summed E-state index contributed by atoms with van der Waals surface area (Å²) in [5.41, 5.74) is 4.91. The number of sulfonamides is 1. The highest BCUT2D eigenvalue weighted by Crippen LogP contribution is 2.31. The molecule has 11 heteroatoms. The van der Waals surface area contributed by atoms with Crippen LogP contribution >= 0.6 is 0 Å². The number of amides is 1. The van der Waals surface area contributed by atoms with Crippen molar-refractivity contribution in [2.24, 2.45) is 0 Å². The summed E-state index contributed by atoms with van der Waals surface area (Å²) >= 11 is 0. The maximum atomic E-state index is 12.9. The number of benzene rings is 2. The van der Waals surface area contributed by atoms with Crippen LogP contribution in [0.25, 0.3) is 22.0 Å². The number of aromatic nitrogens is 3. The average Bonchev–Trinajstić information content (AvgIpc) is 2.96. The molecule has 3 N–H and O–H groups in total. The number of fused-ring (bicyclic) bond motifs is 1. The number of nitrogens with one attached hydrogen (secondary N) is 3. The molecule has 1 saturated carbocycles. The lowest BCUT2D eigenvalue weighted by Gasteiger charge is -2.30. The number of pyridine rings is 1. The van der Waals surface area contributed by atoms with Crippen molar-refractivity contribution in [1.82, 2.24) is 20.3 Å². The quantitative estimate of drug-likeness (QED) is 0.191. The lowest BCUT2D eigenvalue weighted by Crippen LogP contribution is -2.42. The number of hydrogen-bond acceptors (Lipinski definition) is 8. The highest BCUT2D eigenvalue weighted by Gasteiger charge is 2.25. The zero-order chi connectivity index (χ0) is 32.4. The molecule has 0 aliphatic heterocycles. The fourth-order valence-corrected chi connectivity index (χ4v) is 6.76. The van der Waals surface area contributed by atoms with E-state index in [1.165, 1.54) is 0 Å². The number of rotatable bonds is 8. The second kappa shape index (κ2) is 13.0. The van der Waals surface area contributed by atoms with Crippen LogP contribution in [0, 0.1) is 13.8 Å². The molecular weight excluding hydrogens is 588 g/mol. The van der Waals surface area contributed by atoms with Gasteiger partial charge >= 0.3 is 6.09 Å². The van der Waals surface area contributed by atoms with Gasteiger partial charge in [0, 0.05) is 34.9 Å². The third-order valence-electron chi connectivity index (χ3n) is 7.86. The first-order valence-corrected chi connectivity index (χ1v) is 16.9. The van der Waals surface area contributed by atoms with E-state index in [0.717, 1.165) is 65.3 Å². The predicted molar refractivity (Wildman–Crippen MR) is 178 cm³/mol. The Kier molecular flexibility index (Phi) is 9.29. The molecule has 5 rings (SSSR count). The Bertz CT molecular complexity index is 1810. The number of anilines is 2. The summed E-state index contributed by atoms with van der Waals surface area (Å²) in [6, 6.07) is 14.8. The number of carbonyl (C=O) groups excluding carboxylic acids is 1. The van der Waals surface area contributed by atoms with Crippen LogP contribution in [0.15, 0.2) is 59.6 Å². The zero-order valence-electron chi connectivity index (χ0n) is 26.8. The molecule has 45 heavy (non-hydrogen) atoms. The largest absolute Gasteiger partial charge is 0.444 e. The highest BCUT2D eigenvalue weighted by molar-refractivity contribution is 7.92. The first-order valence-electron chi connectivity index (χ1n) is 15.4. The zero-order valence-corrected chi connectivity index (χ0v) is 27.6. The van der Waals surface area contributed by atoms with Gasteiger partial charge in [-0.3, -0.25) is 4.72 Å². The molecule has 1 aliphatic carbocycles. The Labute approximate surface area is 265 Å². The standard InChI is InChI=1S/C34H42N6O4S/c1-7-23-18-24(29-15-16-30(36-22(29)3)40-45(42,43)28-10-8-9-21(2)17-28)19-25-20-35-32(39-31(23)25)37-26-11-13-27(14-12-26)38-33(41)44-34(4,5)6/h8-10,15-20,26-27H,7,11-14H2,1-6H3,(H,36,40)(H,38,41)(H,35,37,39). The molecule has 238 valence electrons. The van der Waals surface area contributed by atoms with Gasteiger partial charge in [0.2, 0.25) is 5.95 Å². The Morgan fingerprint density at radius 2 is 1.71 bits per heavy atom. The molecule has 1 fully saturated rings. The Hall–Kier alpha value is -4.25. The highest BCUT2D eigenvalue weighted by atomic mass is 32.2. The number of hydrogen-bond donors (Lipinski definition) is 3. The molecule has 2 aromatic heterocycles. The average molecular weight is 631 g/mol. The number of ether oxygens (including phenoxy) is 1. The van der Waals surface area contributed by atoms with Gasteiger partial charge < -0.3 is 15.4 Å². The molecule has 2 aromatic carbocycles. The normalized spacial score (nSPS) is 17.1. The molecule has 0 radical (unpaired) electrons. The Balaban J connectivity index is 1.28. The van der Waals surface area contributed by atoms with Gasteiger partial charge in [0.05, 0.1) is 10.4 Å². The summed E-state index contributed by atoms with van der Waals surface area (Å²) < 4.78 is 33.8. The van der Waals surface area contributed by atoms with E-state index in [1.807, 2.05) is 59.0 Å². The SMILES string of the molecule is CCc1cc(-c2ccc(NS(=O)(=O)c3cccc(C)c3)nc2C)cc2cnc(NC3CCC(NC(=O)OC(C)(C)C)CC3)nc12. The molecule has 0 bridgehead atoms. The first-order chi connectivity index (χ1) is 21.3. The molecule has 1 aliphatic rings. The van der Waals surface area contributed by atoms with Crippen molar-refractivity contribution >= 4 is 38.8 Å². The van der Waals surface area contributed by atoms with E-state index in [4.69, 9.17) is 9.72 Å². The number of aryl methyl sites for hydroxylation is 3. The van der Waals surface area contributed by atoms with Crippen LogP contribution in [0.5, 0.6) is 0 Å². The van der Waals surface area contributed by atoms with Crippen LogP contribution in [-0.4, -0.2) is 47.1 Å². The second-order valence-electron chi connectivity index (χ2n) is 12.7. The third-order valence-corrected chi connectivity index (χ3v) is 9.21. The maximum Gasteiger partial charge on any atom is 0.407 e. The number of alkyl carbamates (subject to hydrolysis) is 1. The van der Waals surface area contributed by atoms with Crippen LogP contribution < -0.4 is 15.4 Å². The van der Waals surface area contributed by atoms with E-state index in [1.54, 1.807) is 24.3 Å². The molecule has 0 unspecified atom stereocenters. The van der Waals surface area contributed by atoms with E-state index in [2.05, 4.69) is 38.3 Å². The molecule has 4 aromatic rings. The molecule has 10 nitrogen and oxygen atoms in total. The Morgan fingerprint density at radius 3 is 2.38 bits per heavy atom. The molecule has 0 spiro atoms. The van der Waals surface area contributed by atoms with Crippen LogP contribution in [0.3, 0.4) is 0 Å². The van der Waals surface area contributed by atoms with Crippen molar-refractivity contribution in [1.29, 1.82) is 0 Å². The van der Waals surface area contributed by atoms with Crippen molar-refractivity contribution < 1.29 is 17.9 Å². The van der Waals surface area contributed by atoms with Gasteiger partial charge in [0.1, 0.15) is 11.4 Å². The third kappa shape index (κ3) is 8.08. The van der Waals surface area contributed by atoms with Gasteiger partial charge in [-0.05, 0) is 120 Å². The fraction of sp³-hybridized carbons (Fsp3) is 0.412. The summed E-state index contributed by atoms with van der Waals surface area (Å²) in [7, 11) is -3.76. The Morgan fingerprint density at radius 1 is 0.978 bits per heavy atom. The van der Waals surface area contributed by atoms with Crippen LogP contribution in [0.4, 0.5) is 16.6 Å². The van der Waals surface area contributed by atoms with Gasteiger partial charge in [-0.15, -0.1) is 0 Å². The lowest BCUT2D eigenvalue weighted by molar-refractivity contribution is 0.0492.